The molecule has 2 amide bonds. The molecule has 0 spiro atoms. The van der Waals surface area contributed by atoms with E-state index >= 15 is 0 Å². The number of aliphatic carboxylic acids is 2. The molecular formula is C11H11FN2O5. The van der Waals surface area contributed by atoms with Gasteiger partial charge < -0.3 is 20.8 Å². The monoisotopic (exact) mass is 270 g/mol. The zero-order chi connectivity index (χ0) is 14.4. The van der Waals surface area contributed by atoms with Gasteiger partial charge in [-0.3, -0.25) is 4.79 Å². The summed E-state index contributed by atoms with van der Waals surface area (Å²) in [5.74, 6) is -3.41. The van der Waals surface area contributed by atoms with Crippen LogP contribution < -0.4 is 10.6 Å². The van der Waals surface area contributed by atoms with E-state index in [0.29, 0.717) is 0 Å². The van der Waals surface area contributed by atoms with Gasteiger partial charge in [0.15, 0.2) is 0 Å². The van der Waals surface area contributed by atoms with E-state index in [2.05, 4.69) is 5.32 Å². The average Bonchev–Trinajstić information content (AvgIpc) is 2.27. The van der Waals surface area contributed by atoms with Crippen LogP contribution in [0.4, 0.5) is 14.9 Å². The third kappa shape index (κ3) is 5.02. The second-order valence-corrected chi connectivity index (χ2v) is 3.60. The zero-order valence-electron chi connectivity index (χ0n) is 9.59. The smallest absolute Gasteiger partial charge is 0.326 e. The van der Waals surface area contributed by atoms with Gasteiger partial charge in [-0.25, -0.2) is 14.0 Å². The SMILES string of the molecule is O=C(O)CC(NC(=O)Nc1cccc(F)c1)C(=O)O. The lowest BCUT2D eigenvalue weighted by molar-refractivity contribution is -0.145. The molecule has 19 heavy (non-hydrogen) atoms. The number of carbonyl (C=O) groups is 3. The van der Waals surface area contributed by atoms with E-state index in [-0.39, 0.29) is 5.69 Å². The van der Waals surface area contributed by atoms with E-state index < -0.39 is 36.2 Å². The first kappa shape index (κ1) is 14.4. The second-order valence-electron chi connectivity index (χ2n) is 3.60. The summed E-state index contributed by atoms with van der Waals surface area (Å²) < 4.78 is 12.8. The third-order valence-corrected chi connectivity index (χ3v) is 2.06. The maximum atomic E-state index is 12.8. The fraction of sp³-hybridized carbons (Fsp3) is 0.182. The van der Waals surface area contributed by atoms with Crippen molar-refractivity contribution in [3.63, 3.8) is 0 Å². The molecule has 0 aromatic heterocycles. The summed E-state index contributed by atoms with van der Waals surface area (Å²) in [6.45, 7) is 0. The summed E-state index contributed by atoms with van der Waals surface area (Å²) >= 11 is 0. The minimum Gasteiger partial charge on any atom is -0.481 e. The Morgan fingerprint density at radius 1 is 1.26 bits per heavy atom. The molecule has 0 aliphatic rings. The summed E-state index contributed by atoms with van der Waals surface area (Å²) in [4.78, 5) is 32.5. The van der Waals surface area contributed by atoms with Gasteiger partial charge in [0, 0.05) is 5.69 Å². The Bertz CT molecular complexity index is 506. The third-order valence-electron chi connectivity index (χ3n) is 2.06. The largest absolute Gasteiger partial charge is 0.481 e. The molecule has 102 valence electrons. The molecule has 0 saturated carbocycles. The summed E-state index contributed by atoms with van der Waals surface area (Å²) in [7, 11) is 0. The highest BCUT2D eigenvalue weighted by molar-refractivity contribution is 5.93. The van der Waals surface area contributed by atoms with Crippen molar-refractivity contribution >= 4 is 23.7 Å². The molecule has 1 rings (SSSR count). The lowest BCUT2D eigenvalue weighted by Crippen LogP contribution is -2.44. The number of anilines is 1. The molecule has 1 unspecified atom stereocenters. The molecule has 1 atom stereocenters. The van der Waals surface area contributed by atoms with Gasteiger partial charge in [0.25, 0.3) is 0 Å². The number of carboxylic acid groups (broad SMARTS) is 2. The van der Waals surface area contributed by atoms with Gasteiger partial charge in [-0.05, 0) is 18.2 Å². The number of halogens is 1. The van der Waals surface area contributed by atoms with Gasteiger partial charge in [-0.15, -0.1) is 0 Å². The van der Waals surface area contributed by atoms with Crippen LogP contribution in [0.5, 0.6) is 0 Å². The molecule has 1 aromatic rings. The number of benzene rings is 1. The van der Waals surface area contributed by atoms with Crippen molar-refractivity contribution < 1.29 is 29.0 Å². The van der Waals surface area contributed by atoms with E-state index in [4.69, 9.17) is 10.2 Å². The first-order chi connectivity index (χ1) is 8.88. The number of rotatable bonds is 5. The number of amides is 2. The molecule has 0 aliphatic heterocycles. The molecule has 0 heterocycles. The van der Waals surface area contributed by atoms with E-state index in [1.165, 1.54) is 18.2 Å². The molecule has 4 N–H and O–H groups in total. The molecule has 0 fully saturated rings. The van der Waals surface area contributed by atoms with Gasteiger partial charge in [-0.1, -0.05) is 6.07 Å². The van der Waals surface area contributed by atoms with Gasteiger partial charge in [0.05, 0.1) is 6.42 Å². The van der Waals surface area contributed by atoms with Crippen molar-refractivity contribution in [3.8, 4) is 0 Å². The molecule has 1 aromatic carbocycles. The fourth-order valence-electron chi connectivity index (χ4n) is 1.27. The summed E-state index contributed by atoms with van der Waals surface area (Å²) in [5.41, 5.74) is 0.122. The maximum Gasteiger partial charge on any atom is 0.326 e. The van der Waals surface area contributed by atoms with Crippen LogP contribution in [0.25, 0.3) is 0 Å². The Hall–Kier alpha value is -2.64. The standard InChI is InChI=1S/C11H11FN2O5/c12-6-2-1-3-7(4-6)13-11(19)14-8(10(17)18)5-9(15)16/h1-4,8H,5H2,(H,15,16)(H,17,18)(H2,13,14,19). The van der Waals surface area contributed by atoms with Gasteiger partial charge in [-0.2, -0.15) is 0 Å². The summed E-state index contributed by atoms with van der Waals surface area (Å²) in [6, 6.07) is 2.47. The predicted molar refractivity (Wildman–Crippen MR) is 62.2 cm³/mol. The Balaban J connectivity index is 2.62. The summed E-state index contributed by atoms with van der Waals surface area (Å²) in [6.07, 6.45) is -0.758. The first-order valence-corrected chi connectivity index (χ1v) is 5.16. The Kier molecular flexibility index (Phi) is 4.81. The Labute approximate surface area is 107 Å². The average molecular weight is 270 g/mol. The second kappa shape index (κ2) is 6.34. The zero-order valence-corrected chi connectivity index (χ0v) is 9.59. The van der Waals surface area contributed by atoms with Crippen molar-refractivity contribution in [3.05, 3.63) is 30.1 Å². The lowest BCUT2D eigenvalue weighted by Gasteiger charge is -2.13. The van der Waals surface area contributed by atoms with E-state index in [1.54, 1.807) is 0 Å². The molecule has 8 heteroatoms. The number of hydrogen-bond acceptors (Lipinski definition) is 3. The van der Waals surface area contributed by atoms with Gasteiger partial charge in [0.1, 0.15) is 11.9 Å². The minimum atomic E-state index is -1.56. The fourth-order valence-corrected chi connectivity index (χ4v) is 1.27. The highest BCUT2D eigenvalue weighted by Gasteiger charge is 2.22. The quantitative estimate of drug-likeness (QED) is 0.633. The highest BCUT2D eigenvalue weighted by Crippen LogP contribution is 2.08. The topological polar surface area (TPSA) is 116 Å². The molecule has 7 nitrogen and oxygen atoms in total. The summed E-state index contributed by atoms with van der Waals surface area (Å²) in [5, 5.41) is 21.4. The van der Waals surface area contributed by atoms with Crippen LogP contribution in [0.2, 0.25) is 0 Å². The molecule has 0 saturated heterocycles. The number of nitrogens with one attached hydrogen (secondary N) is 2. The van der Waals surface area contributed by atoms with Crippen molar-refractivity contribution in [2.45, 2.75) is 12.5 Å². The number of carbonyl (C=O) groups excluding carboxylic acids is 1. The van der Waals surface area contributed by atoms with Crippen molar-refractivity contribution in [2.75, 3.05) is 5.32 Å². The van der Waals surface area contributed by atoms with Crippen LogP contribution in [-0.2, 0) is 9.59 Å². The van der Waals surface area contributed by atoms with Crippen LogP contribution >= 0.6 is 0 Å². The molecular weight excluding hydrogens is 259 g/mol. The van der Waals surface area contributed by atoms with E-state index in [9.17, 15) is 18.8 Å². The van der Waals surface area contributed by atoms with E-state index in [0.717, 1.165) is 6.07 Å². The van der Waals surface area contributed by atoms with Crippen LogP contribution in [0, 0.1) is 5.82 Å². The Morgan fingerprint density at radius 3 is 2.47 bits per heavy atom. The van der Waals surface area contributed by atoms with Crippen molar-refractivity contribution in [1.29, 1.82) is 0 Å². The Morgan fingerprint density at radius 2 is 1.95 bits per heavy atom. The maximum absolute atomic E-state index is 12.8. The van der Waals surface area contributed by atoms with Crippen LogP contribution in [0.15, 0.2) is 24.3 Å². The highest BCUT2D eigenvalue weighted by atomic mass is 19.1. The number of hydrogen-bond donors (Lipinski definition) is 4. The van der Waals surface area contributed by atoms with E-state index in [1.807, 2.05) is 5.32 Å². The molecule has 0 radical (unpaired) electrons. The minimum absolute atomic E-state index is 0.122. The first-order valence-electron chi connectivity index (χ1n) is 5.16. The molecule has 0 bridgehead atoms. The van der Waals surface area contributed by atoms with Crippen LogP contribution in [0.3, 0.4) is 0 Å². The normalized spacial score (nSPS) is 11.4. The van der Waals surface area contributed by atoms with Crippen molar-refractivity contribution in [1.82, 2.24) is 5.32 Å². The number of urea groups is 1. The number of carboxylic acids is 2. The molecule has 0 aliphatic carbocycles. The lowest BCUT2D eigenvalue weighted by atomic mass is 10.2. The predicted octanol–water partition coefficient (Wildman–Crippen LogP) is 0.875. The van der Waals surface area contributed by atoms with Gasteiger partial charge in [0.2, 0.25) is 0 Å². The van der Waals surface area contributed by atoms with Crippen LogP contribution in [0.1, 0.15) is 6.42 Å². The van der Waals surface area contributed by atoms with Crippen molar-refractivity contribution in [2.24, 2.45) is 0 Å². The van der Waals surface area contributed by atoms with Gasteiger partial charge >= 0.3 is 18.0 Å². The van der Waals surface area contributed by atoms with Crippen LogP contribution in [-0.4, -0.2) is 34.2 Å².